The third-order valence-electron chi connectivity index (χ3n) is 3.88. The van der Waals surface area contributed by atoms with E-state index in [4.69, 9.17) is 9.47 Å². The quantitative estimate of drug-likeness (QED) is 0.846. The molecule has 1 saturated carbocycles. The number of benzene rings is 1. The Morgan fingerprint density at radius 1 is 1.13 bits per heavy atom. The highest BCUT2D eigenvalue weighted by molar-refractivity contribution is 5.67. The lowest BCUT2D eigenvalue weighted by molar-refractivity contribution is 0.0170. The Balaban J connectivity index is 1.69. The summed E-state index contributed by atoms with van der Waals surface area (Å²) in [5, 5.41) is 6.29. The molecule has 128 valence electrons. The van der Waals surface area contributed by atoms with E-state index in [1.54, 1.807) is 7.11 Å². The topological polar surface area (TPSA) is 59.6 Å². The van der Waals surface area contributed by atoms with Crippen molar-refractivity contribution in [3.8, 4) is 0 Å². The van der Waals surface area contributed by atoms with Crippen LogP contribution < -0.4 is 10.6 Å². The van der Waals surface area contributed by atoms with E-state index in [1.807, 2.05) is 32.9 Å². The van der Waals surface area contributed by atoms with E-state index >= 15 is 0 Å². The van der Waals surface area contributed by atoms with Crippen molar-refractivity contribution >= 4 is 6.09 Å². The molecule has 1 aromatic carbocycles. The van der Waals surface area contributed by atoms with Crippen LogP contribution in [0.3, 0.4) is 0 Å². The van der Waals surface area contributed by atoms with Crippen molar-refractivity contribution in [1.29, 1.82) is 0 Å². The molecule has 0 heterocycles. The van der Waals surface area contributed by atoms with Crippen LogP contribution in [-0.4, -0.2) is 30.9 Å². The molecule has 1 aliphatic rings. The number of nitrogens with one attached hydrogen (secondary N) is 2. The second-order valence-electron chi connectivity index (χ2n) is 7.08. The fourth-order valence-corrected chi connectivity index (χ4v) is 2.45. The zero-order valence-corrected chi connectivity index (χ0v) is 14.5. The molecule has 23 heavy (non-hydrogen) atoms. The molecule has 1 aromatic rings. The molecule has 2 N–H and O–H groups in total. The minimum atomic E-state index is -0.469. The van der Waals surface area contributed by atoms with Gasteiger partial charge in [0.15, 0.2) is 0 Å². The lowest BCUT2D eigenvalue weighted by Gasteiger charge is -2.34. The Hall–Kier alpha value is -1.59. The maximum Gasteiger partial charge on any atom is 0.407 e. The highest BCUT2D eigenvalue weighted by atomic mass is 16.6. The molecule has 0 atom stereocenters. The van der Waals surface area contributed by atoms with Crippen LogP contribution in [-0.2, 0) is 22.6 Å². The summed E-state index contributed by atoms with van der Waals surface area (Å²) >= 11 is 0. The molecule has 0 aromatic heterocycles. The molecule has 5 heteroatoms. The summed E-state index contributed by atoms with van der Waals surface area (Å²) in [7, 11) is 1.77. The van der Waals surface area contributed by atoms with Gasteiger partial charge < -0.3 is 20.1 Å². The third kappa shape index (κ3) is 6.20. The van der Waals surface area contributed by atoms with Gasteiger partial charge >= 0.3 is 6.09 Å². The molecule has 0 aliphatic heterocycles. The summed E-state index contributed by atoms with van der Waals surface area (Å²) in [6.45, 7) is 6.89. The number of ether oxygens (including phenoxy) is 2. The summed E-state index contributed by atoms with van der Waals surface area (Å²) in [5.74, 6) is 0. The van der Waals surface area contributed by atoms with E-state index in [-0.39, 0.29) is 6.09 Å². The summed E-state index contributed by atoms with van der Waals surface area (Å²) in [6, 6.07) is 8.81. The Bertz CT molecular complexity index is 502. The van der Waals surface area contributed by atoms with Crippen molar-refractivity contribution in [1.82, 2.24) is 10.6 Å². The average molecular weight is 320 g/mol. The summed E-state index contributed by atoms with van der Waals surface area (Å²) < 4.78 is 10.5. The highest BCUT2D eigenvalue weighted by Crippen LogP contribution is 2.22. The van der Waals surface area contributed by atoms with Crippen molar-refractivity contribution in [2.75, 3.05) is 7.11 Å². The van der Waals surface area contributed by atoms with Gasteiger partial charge in [0, 0.05) is 26.2 Å². The molecule has 0 unspecified atom stereocenters. The van der Waals surface area contributed by atoms with Gasteiger partial charge in [0.05, 0.1) is 6.10 Å². The Morgan fingerprint density at radius 2 is 1.70 bits per heavy atom. The maximum atomic E-state index is 11.6. The van der Waals surface area contributed by atoms with Crippen molar-refractivity contribution in [2.45, 2.75) is 64.4 Å². The van der Waals surface area contributed by atoms with E-state index in [9.17, 15) is 4.79 Å². The van der Waals surface area contributed by atoms with Crippen LogP contribution in [0.2, 0.25) is 0 Å². The number of carbonyl (C=O) groups excluding carboxylic acids is 1. The van der Waals surface area contributed by atoms with Crippen LogP contribution in [0, 0.1) is 0 Å². The molecule has 1 amide bonds. The number of carbonyl (C=O) groups is 1. The molecule has 2 rings (SSSR count). The summed E-state index contributed by atoms with van der Waals surface area (Å²) in [4.78, 5) is 11.6. The van der Waals surface area contributed by atoms with Gasteiger partial charge in [-0.05, 0) is 44.7 Å². The van der Waals surface area contributed by atoms with Crippen LogP contribution in [0.5, 0.6) is 0 Å². The first-order valence-electron chi connectivity index (χ1n) is 8.16. The highest BCUT2D eigenvalue weighted by Gasteiger charge is 2.28. The minimum Gasteiger partial charge on any atom is -0.444 e. The first kappa shape index (κ1) is 17.8. The van der Waals surface area contributed by atoms with Crippen molar-refractivity contribution in [3.05, 3.63) is 35.4 Å². The minimum absolute atomic E-state index is 0.388. The Kier molecular flexibility index (Phi) is 6.02. The van der Waals surface area contributed by atoms with Gasteiger partial charge in [-0.1, -0.05) is 24.3 Å². The van der Waals surface area contributed by atoms with Gasteiger partial charge in [0.25, 0.3) is 0 Å². The van der Waals surface area contributed by atoms with Crippen LogP contribution in [0.25, 0.3) is 0 Å². The van der Waals surface area contributed by atoms with Gasteiger partial charge in [0.1, 0.15) is 5.60 Å². The van der Waals surface area contributed by atoms with Gasteiger partial charge in [-0.25, -0.2) is 4.79 Å². The fraction of sp³-hybridized carbons (Fsp3) is 0.611. The van der Waals surface area contributed by atoms with E-state index < -0.39 is 5.60 Å². The first-order chi connectivity index (χ1) is 10.9. The van der Waals surface area contributed by atoms with Gasteiger partial charge in [-0.3, -0.25) is 0 Å². The molecule has 5 nitrogen and oxygen atoms in total. The average Bonchev–Trinajstić information content (AvgIpc) is 2.43. The molecule has 0 bridgehead atoms. The fourth-order valence-electron chi connectivity index (χ4n) is 2.45. The summed E-state index contributed by atoms with van der Waals surface area (Å²) in [6.07, 6.45) is 2.22. The third-order valence-corrected chi connectivity index (χ3v) is 3.88. The number of rotatable bonds is 6. The number of amides is 1. The van der Waals surface area contributed by atoms with Gasteiger partial charge in [-0.15, -0.1) is 0 Å². The number of hydrogen-bond acceptors (Lipinski definition) is 4. The number of methoxy groups -OCH3 is 1. The zero-order valence-electron chi connectivity index (χ0n) is 14.5. The van der Waals surface area contributed by atoms with Gasteiger partial charge in [-0.2, -0.15) is 0 Å². The van der Waals surface area contributed by atoms with Crippen LogP contribution in [0.4, 0.5) is 4.79 Å². The van der Waals surface area contributed by atoms with Gasteiger partial charge in [0.2, 0.25) is 0 Å². The van der Waals surface area contributed by atoms with Crippen molar-refractivity contribution < 1.29 is 14.3 Å². The lowest BCUT2D eigenvalue weighted by atomic mass is 9.89. The molecular formula is C18H28N2O3. The first-order valence-corrected chi connectivity index (χ1v) is 8.16. The van der Waals surface area contributed by atoms with Crippen molar-refractivity contribution in [2.24, 2.45) is 0 Å². The second-order valence-corrected chi connectivity index (χ2v) is 7.08. The lowest BCUT2D eigenvalue weighted by Crippen LogP contribution is -2.44. The van der Waals surface area contributed by atoms with Crippen LogP contribution >= 0.6 is 0 Å². The van der Waals surface area contributed by atoms with Crippen molar-refractivity contribution in [3.63, 3.8) is 0 Å². The smallest absolute Gasteiger partial charge is 0.407 e. The number of alkyl carbamates (subject to hydrolysis) is 1. The summed E-state index contributed by atoms with van der Waals surface area (Å²) in [5.41, 5.74) is 1.83. The Morgan fingerprint density at radius 3 is 2.22 bits per heavy atom. The SMILES string of the molecule is COC1CC(NCc2ccc(CNC(=O)OC(C)(C)C)cc2)C1. The molecule has 0 saturated heterocycles. The van der Waals surface area contributed by atoms with E-state index in [0.717, 1.165) is 24.9 Å². The normalized spacial score (nSPS) is 20.7. The monoisotopic (exact) mass is 320 g/mol. The standard InChI is InChI=1S/C18H28N2O3/c1-18(2,3)23-17(21)20-12-14-7-5-13(6-8-14)11-19-15-9-16(10-15)22-4/h5-8,15-16,19H,9-12H2,1-4H3,(H,20,21). The zero-order chi connectivity index (χ0) is 16.9. The largest absolute Gasteiger partial charge is 0.444 e. The second kappa shape index (κ2) is 7.79. The molecule has 1 aliphatic carbocycles. The Labute approximate surface area is 138 Å². The molecule has 1 fully saturated rings. The number of hydrogen-bond donors (Lipinski definition) is 2. The molecular weight excluding hydrogens is 292 g/mol. The van der Waals surface area contributed by atoms with E-state index in [0.29, 0.717) is 18.7 Å². The predicted octanol–water partition coefficient (Wildman–Crippen LogP) is 2.98. The van der Waals surface area contributed by atoms with Crippen LogP contribution in [0.1, 0.15) is 44.7 Å². The predicted molar refractivity (Wildman–Crippen MR) is 90.2 cm³/mol. The maximum absolute atomic E-state index is 11.6. The van der Waals surface area contributed by atoms with E-state index in [1.165, 1.54) is 5.56 Å². The van der Waals surface area contributed by atoms with Crippen LogP contribution in [0.15, 0.2) is 24.3 Å². The molecule has 0 spiro atoms. The molecule has 0 radical (unpaired) electrons. The van der Waals surface area contributed by atoms with E-state index in [2.05, 4.69) is 22.8 Å².